The summed E-state index contributed by atoms with van der Waals surface area (Å²) in [6, 6.07) is -2.14. The van der Waals surface area contributed by atoms with Gasteiger partial charge in [0.2, 0.25) is 11.8 Å². The number of aliphatic carboxylic acids is 2. The topological polar surface area (TPSA) is 177 Å². The molecule has 0 saturated carbocycles. The average Bonchev–Trinajstić information content (AvgIpc) is 2.66. The van der Waals surface area contributed by atoms with Crippen LogP contribution in [0.15, 0.2) is 0 Å². The van der Waals surface area contributed by atoms with Gasteiger partial charge >= 0.3 is 11.9 Å². The summed E-state index contributed by atoms with van der Waals surface area (Å²) in [5.41, 5.74) is 5.36. The Labute approximate surface area is 174 Å². The lowest BCUT2D eigenvalue weighted by atomic mass is 10.1. The Morgan fingerprint density at radius 2 is 1.69 bits per heavy atom. The van der Waals surface area contributed by atoms with E-state index < -0.39 is 42.4 Å². The minimum Gasteiger partial charge on any atom is -0.480 e. The minimum atomic E-state index is -1.22. The molecular formula is C17H31N3O8S. The van der Waals surface area contributed by atoms with Crippen LogP contribution >= 0.6 is 11.8 Å². The Kier molecular flexibility index (Phi) is 14.9. The summed E-state index contributed by atoms with van der Waals surface area (Å²) in [4.78, 5) is 45.6. The fourth-order valence-corrected chi connectivity index (χ4v) is 3.11. The smallest absolute Gasteiger partial charge is 0.322 e. The maximum absolute atomic E-state index is 12.2. The number of hydrogen-bond donors (Lipinski definition) is 5. The van der Waals surface area contributed by atoms with Gasteiger partial charge in [-0.2, -0.15) is 11.8 Å². The van der Waals surface area contributed by atoms with Crippen molar-refractivity contribution < 1.29 is 38.9 Å². The zero-order valence-electron chi connectivity index (χ0n) is 16.7. The van der Waals surface area contributed by atoms with E-state index in [2.05, 4.69) is 10.6 Å². The number of carbonyl (C=O) groups is 4. The molecule has 0 fully saturated rings. The monoisotopic (exact) mass is 437 g/mol. The van der Waals surface area contributed by atoms with E-state index in [9.17, 15) is 19.2 Å². The molecule has 6 N–H and O–H groups in total. The first kappa shape index (κ1) is 27.1. The molecule has 2 amide bonds. The standard InChI is InChI=1S/C17H31N3O8S/c1-3-27-15(28-4-2)7-8-29-10-12(16(24)19-9-14(22)23)20-13(21)6-5-11(18)17(25)26/h11-12,15H,3-10,18H2,1-2H3,(H,19,24)(H,20,21)(H,22,23)(H,25,26). The molecule has 0 heterocycles. The van der Waals surface area contributed by atoms with E-state index in [0.717, 1.165) is 0 Å². The Bertz CT molecular complexity index is 529. The molecule has 12 heteroatoms. The minimum absolute atomic E-state index is 0.0812. The van der Waals surface area contributed by atoms with Gasteiger partial charge in [0, 0.05) is 31.8 Å². The lowest BCUT2D eigenvalue weighted by Gasteiger charge is -2.19. The van der Waals surface area contributed by atoms with Gasteiger partial charge in [-0.15, -0.1) is 0 Å². The highest BCUT2D eigenvalue weighted by molar-refractivity contribution is 7.99. The van der Waals surface area contributed by atoms with Gasteiger partial charge < -0.3 is 36.1 Å². The van der Waals surface area contributed by atoms with Crippen LogP contribution in [0.1, 0.15) is 33.1 Å². The predicted octanol–water partition coefficient (Wildman–Crippen LogP) is -0.613. The van der Waals surface area contributed by atoms with Crippen LogP contribution in [0.25, 0.3) is 0 Å². The van der Waals surface area contributed by atoms with Crippen LogP contribution < -0.4 is 16.4 Å². The van der Waals surface area contributed by atoms with Crippen LogP contribution in [0.2, 0.25) is 0 Å². The van der Waals surface area contributed by atoms with Crippen molar-refractivity contribution in [1.29, 1.82) is 0 Å². The van der Waals surface area contributed by atoms with Crippen molar-refractivity contribution in [3.05, 3.63) is 0 Å². The van der Waals surface area contributed by atoms with E-state index >= 15 is 0 Å². The van der Waals surface area contributed by atoms with Gasteiger partial charge in [0.15, 0.2) is 6.29 Å². The van der Waals surface area contributed by atoms with Gasteiger partial charge in [0.05, 0.1) is 0 Å². The van der Waals surface area contributed by atoms with E-state index in [4.69, 9.17) is 25.4 Å². The Morgan fingerprint density at radius 1 is 1.07 bits per heavy atom. The third kappa shape index (κ3) is 13.8. The number of nitrogens with two attached hydrogens (primary N) is 1. The molecule has 2 unspecified atom stereocenters. The SMILES string of the molecule is CCOC(CCSCC(NC(=O)CCC(N)C(=O)O)C(=O)NCC(=O)O)OCC. The number of thioether (sulfide) groups is 1. The van der Waals surface area contributed by atoms with E-state index in [0.29, 0.717) is 25.4 Å². The molecule has 0 spiro atoms. The summed E-state index contributed by atoms with van der Waals surface area (Å²) in [5, 5.41) is 22.2. The number of ether oxygens (including phenoxy) is 2. The second kappa shape index (κ2) is 16.0. The zero-order chi connectivity index (χ0) is 22.2. The Hall–Kier alpha value is -1.89. The Balaban J connectivity index is 4.63. The molecule has 0 aromatic rings. The number of rotatable bonds is 17. The van der Waals surface area contributed by atoms with Crippen LogP contribution in [0.4, 0.5) is 0 Å². The number of hydrogen-bond acceptors (Lipinski definition) is 8. The fraction of sp³-hybridized carbons (Fsp3) is 0.765. The molecule has 0 aromatic heterocycles. The largest absolute Gasteiger partial charge is 0.480 e. The molecule has 168 valence electrons. The highest BCUT2D eigenvalue weighted by atomic mass is 32.2. The summed E-state index contributed by atoms with van der Waals surface area (Å²) < 4.78 is 10.9. The molecule has 0 aromatic carbocycles. The molecule has 2 atom stereocenters. The second-order valence-corrected chi connectivity index (χ2v) is 7.07. The van der Waals surface area contributed by atoms with Crippen molar-refractivity contribution >= 4 is 35.5 Å². The third-order valence-corrected chi connectivity index (χ3v) is 4.65. The van der Waals surface area contributed by atoms with E-state index in [-0.39, 0.29) is 24.9 Å². The van der Waals surface area contributed by atoms with Crippen molar-refractivity contribution in [2.45, 2.75) is 51.5 Å². The second-order valence-electron chi connectivity index (χ2n) is 5.92. The molecule has 29 heavy (non-hydrogen) atoms. The molecule has 0 bridgehead atoms. The maximum Gasteiger partial charge on any atom is 0.322 e. The summed E-state index contributed by atoms with van der Waals surface area (Å²) in [7, 11) is 0. The van der Waals surface area contributed by atoms with Gasteiger partial charge in [-0.05, 0) is 26.0 Å². The van der Waals surface area contributed by atoms with Crippen LogP contribution in [0, 0.1) is 0 Å². The number of carboxylic acids is 2. The van der Waals surface area contributed by atoms with Crippen LogP contribution in [-0.2, 0) is 28.7 Å². The Morgan fingerprint density at radius 3 is 2.21 bits per heavy atom. The fourth-order valence-electron chi connectivity index (χ4n) is 2.11. The van der Waals surface area contributed by atoms with Crippen LogP contribution in [0.3, 0.4) is 0 Å². The quantitative estimate of drug-likeness (QED) is 0.146. The van der Waals surface area contributed by atoms with Gasteiger partial charge in [0.1, 0.15) is 18.6 Å². The molecule has 0 rings (SSSR count). The van der Waals surface area contributed by atoms with Crippen LogP contribution in [0.5, 0.6) is 0 Å². The van der Waals surface area contributed by atoms with E-state index in [1.807, 2.05) is 13.8 Å². The summed E-state index contributed by atoms with van der Waals surface area (Å²) >= 11 is 1.37. The van der Waals surface area contributed by atoms with Gasteiger partial charge in [0.25, 0.3) is 0 Å². The summed E-state index contributed by atoms with van der Waals surface area (Å²) in [6.45, 7) is 4.15. The van der Waals surface area contributed by atoms with Gasteiger partial charge in [-0.3, -0.25) is 19.2 Å². The van der Waals surface area contributed by atoms with E-state index in [1.54, 1.807) is 0 Å². The van der Waals surface area contributed by atoms with Crippen molar-refractivity contribution in [3.63, 3.8) is 0 Å². The predicted molar refractivity (Wildman–Crippen MR) is 106 cm³/mol. The molecule has 0 aliphatic heterocycles. The highest BCUT2D eigenvalue weighted by Crippen LogP contribution is 2.11. The van der Waals surface area contributed by atoms with Crippen molar-refractivity contribution in [2.75, 3.05) is 31.3 Å². The molecule has 0 saturated heterocycles. The normalized spacial score (nSPS) is 13.0. The zero-order valence-corrected chi connectivity index (χ0v) is 17.5. The first-order valence-electron chi connectivity index (χ1n) is 9.29. The highest BCUT2D eigenvalue weighted by Gasteiger charge is 2.22. The first-order chi connectivity index (χ1) is 13.7. The lowest BCUT2D eigenvalue weighted by Crippen LogP contribution is -2.49. The number of carbonyl (C=O) groups excluding carboxylic acids is 2. The van der Waals surface area contributed by atoms with Crippen molar-refractivity contribution in [1.82, 2.24) is 10.6 Å². The van der Waals surface area contributed by atoms with Crippen LogP contribution in [-0.4, -0.2) is 83.6 Å². The average molecular weight is 438 g/mol. The first-order valence-corrected chi connectivity index (χ1v) is 10.4. The lowest BCUT2D eigenvalue weighted by molar-refractivity contribution is -0.139. The van der Waals surface area contributed by atoms with Gasteiger partial charge in [-0.1, -0.05) is 0 Å². The van der Waals surface area contributed by atoms with E-state index in [1.165, 1.54) is 11.8 Å². The number of nitrogens with one attached hydrogen (secondary N) is 2. The molecular weight excluding hydrogens is 406 g/mol. The number of carboxylic acid groups (broad SMARTS) is 2. The molecule has 11 nitrogen and oxygen atoms in total. The molecule has 0 radical (unpaired) electrons. The maximum atomic E-state index is 12.2. The van der Waals surface area contributed by atoms with Gasteiger partial charge in [-0.25, -0.2) is 0 Å². The third-order valence-electron chi connectivity index (χ3n) is 3.55. The van der Waals surface area contributed by atoms with Crippen molar-refractivity contribution in [2.24, 2.45) is 5.73 Å². The van der Waals surface area contributed by atoms with Crippen molar-refractivity contribution in [3.8, 4) is 0 Å². The summed E-state index contributed by atoms with van der Waals surface area (Å²) in [6.07, 6.45) is -0.0272. The molecule has 0 aliphatic carbocycles. The molecule has 0 aliphatic rings. The number of amides is 2. The summed E-state index contributed by atoms with van der Waals surface area (Å²) in [5.74, 6) is -2.82.